The lowest BCUT2D eigenvalue weighted by molar-refractivity contribution is -0.119. The Balaban J connectivity index is 1.86. The zero-order chi connectivity index (χ0) is 15.4. The van der Waals surface area contributed by atoms with E-state index in [1.807, 2.05) is 30.3 Å². The molecule has 1 saturated heterocycles. The van der Waals surface area contributed by atoms with Gasteiger partial charge in [-0.2, -0.15) is 0 Å². The van der Waals surface area contributed by atoms with Gasteiger partial charge >= 0.3 is 0 Å². The van der Waals surface area contributed by atoms with Crippen molar-refractivity contribution in [2.75, 3.05) is 26.2 Å². The molecule has 0 atom stereocenters. The third kappa shape index (κ3) is 2.81. The van der Waals surface area contributed by atoms with E-state index in [1.165, 1.54) is 6.33 Å². The minimum Gasteiger partial charge on any atom is -0.342 e. The van der Waals surface area contributed by atoms with Crippen LogP contribution in [0.1, 0.15) is 10.4 Å². The van der Waals surface area contributed by atoms with E-state index in [0.717, 1.165) is 12.0 Å². The summed E-state index contributed by atoms with van der Waals surface area (Å²) >= 11 is 0. The van der Waals surface area contributed by atoms with Crippen molar-refractivity contribution < 1.29 is 9.59 Å². The largest absolute Gasteiger partial charge is 0.342 e. The third-order valence-corrected chi connectivity index (χ3v) is 3.74. The van der Waals surface area contributed by atoms with E-state index in [9.17, 15) is 9.59 Å². The molecule has 112 valence electrons. The van der Waals surface area contributed by atoms with Gasteiger partial charge in [0.15, 0.2) is 0 Å². The van der Waals surface area contributed by atoms with Gasteiger partial charge in [-0.25, -0.2) is 9.97 Å². The zero-order valence-electron chi connectivity index (χ0n) is 12.1. The van der Waals surface area contributed by atoms with Crippen molar-refractivity contribution in [1.82, 2.24) is 19.8 Å². The number of amides is 2. The Morgan fingerprint density at radius 2 is 1.82 bits per heavy atom. The fraction of sp³-hybridized carbons (Fsp3) is 0.250. The molecule has 1 aromatic carbocycles. The van der Waals surface area contributed by atoms with Gasteiger partial charge in [0.25, 0.3) is 5.91 Å². The summed E-state index contributed by atoms with van der Waals surface area (Å²) in [5.41, 5.74) is 2.02. The highest BCUT2D eigenvalue weighted by molar-refractivity contribution is 5.99. The number of rotatable bonds is 3. The number of nitrogens with zero attached hydrogens (tertiary/aromatic N) is 4. The second-order valence-corrected chi connectivity index (χ2v) is 5.08. The van der Waals surface area contributed by atoms with Crippen LogP contribution in [0.3, 0.4) is 0 Å². The highest BCUT2D eigenvalue weighted by Crippen LogP contribution is 2.21. The molecule has 1 aliphatic heterocycles. The summed E-state index contributed by atoms with van der Waals surface area (Å²) < 4.78 is 0. The highest BCUT2D eigenvalue weighted by Gasteiger charge is 2.24. The van der Waals surface area contributed by atoms with Gasteiger partial charge in [0.05, 0.1) is 11.3 Å². The van der Waals surface area contributed by atoms with Crippen molar-refractivity contribution in [2.45, 2.75) is 0 Å². The summed E-state index contributed by atoms with van der Waals surface area (Å²) in [6.07, 6.45) is 3.83. The summed E-state index contributed by atoms with van der Waals surface area (Å²) in [5, 5.41) is 0. The van der Waals surface area contributed by atoms with Crippen LogP contribution >= 0.6 is 0 Å². The number of benzene rings is 1. The van der Waals surface area contributed by atoms with Crippen LogP contribution in [0, 0.1) is 0 Å². The van der Waals surface area contributed by atoms with Crippen LogP contribution in [0.4, 0.5) is 0 Å². The fourth-order valence-electron chi connectivity index (χ4n) is 2.51. The van der Waals surface area contributed by atoms with Gasteiger partial charge in [-0.15, -0.1) is 0 Å². The van der Waals surface area contributed by atoms with Crippen LogP contribution in [0.2, 0.25) is 0 Å². The molecule has 1 aliphatic rings. The fourth-order valence-corrected chi connectivity index (χ4v) is 2.51. The van der Waals surface area contributed by atoms with Gasteiger partial charge in [0, 0.05) is 37.9 Å². The molecule has 3 rings (SSSR count). The molecular formula is C16H16N4O2. The van der Waals surface area contributed by atoms with E-state index >= 15 is 0 Å². The predicted octanol–water partition coefficient (Wildman–Crippen LogP) is 1.06. The van der Waals surface area contributed by atoms with Gasteiger partial charge in [-0.1, -0.05) is 30.3 Å². The van der Waals surface area contributed by atoms with Gasteiger partial charge in [-0.3, -0.25) is 9.59 Å². The molecule has 6 nitrogen and oxygen atoms in total. The summed E-state index contributed by atoms with van der Waals surface area (Å²) in [5.74, 6) is -0.0926. The summed E-state index contributed by atoms with van der Waals surface area (Å²) in [7, 11) is 0. The molecule has 0 unspecified atom stereocenters. The van der Waals surface area contributed by atoms with Crippen molar-refractivity contribution in [1.29, 1.82) is 0 Å². The van der Waals surface area contributed by atoms with E-state index in [-0.39, 0.29) is 5.91 Å². The minimum absolute atomic E-state index is 0.0926. The van der Waals surface area contributed by atoms with E-state index in [1.54, 1.807) is 16.0 Å². The molecule has 0 N–H and O–H groups in total. The monoisotopic (exact) mass is 296 g/mol. The minimum atomic E-state index is -0.0926. The van der Waals surface area contributed by atoms with Crippen molar-refractivity contribution >= 4 is 12.3 Å². The molecular weight excluding hydrogens is 280 g/mol. The maximum absolute atomic E-state index is 12.7. The van der Waals surface area contributed by atoms with Crippen molar-refractivity contribution in [2.24, 2.45) is 0 Å². The Bertz CT molecular complexity index is 667. The Morgan fingerprint density at radius 3 is 2.50 bits per heavy atom. The average Bonchev–Trinajstić information content (AvgIpc) is 2.62. The molecule has 2 heterocycles. The van der Waals surface area contributed by atoms with E-state index in [0.29, 0.717) is 37.4 Å². The predicted molar refractivity (Wildman–Crippen MR) is 81.0 cm³/mol. The van der Waals surface area contributed by atoms with Gasteiger partial charge in [-0.05, 0) is 0 Å². The zero-order valence-corrected chi connectivity index (χ0v) is 12.1. The lowest BCUT2D eigenvalue weighted by Crippen LogP contribution is -2.48. The lowest BCUT2D eigenvalue weighted by Gasteiger charge is -2.32. The first-order valence-corrected chi connectivity index (χ1v) is 7.13. The molecule has 2 aromatic rings. The summed E-state index contributed by atoms with van der Waals surface area (Å²) in [6, 6.07) is 9.58. The Labute approximate surface area is 128 Å². The third-order valence-electron chi connectivity index (χ3n) is 3.74. The molecule has 0 bridgehead atoms. The van der Waals surface area contributed by atoms with Crippen molar-refractivity contribution in [3.63, 3.8) is 0 Å². The SMILES string of the molecule is O=CN1CCN(C(=O)c2cncnc2-c2ccccc2)CC1. The lowest BCUT2D eigenvalue weighted by atomic mass is 10.1. The van der Waals surface area contributed by atoms with Crippen molar-refractivity contribution in [3.05, 3.63) is 48.4 Å². The van der Waals surface area contributed by atoms with E-state index in [4.69, 9.17) is 0 Å². The maximum atomic E-state index is 12.7. The molecule has 2 amide bonds. The van der Waals surface area contributed by atoms with E-state index in [2.05, 4.69) is 9.97 Å². The number of aromatic nitrogens is 2. The number of carbonyl (C=O) groups excluding carboxylic acids is 2. The molecule has 1 aromatic heterocycles. The number of hydrogen-bond donors (Lipinski definition) is 0. The quantitative estimate of drug-likeness (QED) is 0.794. The molecule has 6 heteroatoms. The van der Waals surface area contributed by atoms with Crippen LogP contribution in [0.5, 0.6) is 0 Å². The first kappa shape index (κ1) is 14.2. The Kier molecular flexibility index (Phi) is 4.09. The van der Waals surface area contributed by atoms with Gasteiger partial charge in [0.1, 0.15) is 6.33 Å². The standard InChI is InChI=1S/C16H16N4O2/c21-12-19-6-8-20(9-7-19)16(22)14-10-17-11-18-15(14)13-4-2-1-3-5-13/h1-5,10-12H,6-9H2. The first-order chi connectivity index (χ1) is 10.8. The second kappa shape index (κ2) is 6.34. The molecule has 0 radical (unpaired) electrons. The molecule has 1 fully saturated rings. The maximum Gasteiger partial charge on any atom is 0.257 e. The van der Waals surface area contributed by atoms with Crippen molar-refractivity contribution in [3.8, 4) is 11.3 Å². The van der Waals surface area contributed by atoms with Gasteiger partial charge in [0.2, 0.25) is 6.41 Å². The molecule has 0 spiro atoms. The molecule has 0 saturated carbocycles. The Morgan fingerprint density at radius 1 is 1.09 bits per heavy atom. The normalized spacial score (nSPS) is 14.7. The molecule has 22 heavy (non-hydrogen) atoms. The molecule has 0 aliphatic carbocycles. The van der Waals surface area contributed by atoms with Crippen LogP contribution < -0.4 is 0 Å². The van der Waals surface area contributed by atoms with E-state index < -0.39 is 0 Å². The average molecular weight is 296 g/mol. The topological polar surface area (TPSA) is 66.4 Å². The first-order valence-electron chi connectivity index (χ1n) is 7.13. The highest BCUT2D eigenvalue weighted by atomic mass is 16.2. The summed E-state index contributed by atoms with van der Waals surface area (Å²) in [4.78, 5) is 35.2. The number of hydrogen-bond acceptors (Lipinski definition) is 4. The van der Waals surface area contributed by atoms with Crippen LogP contribution in [0.15, 0.2) is 42.9 Å². The summed E-state index contributed by atoms with van der Waals surface area (Å²) in [6.45, 7) is 2.18. The number of piperazine rings is 1. The number of carbonyl (C=O) groups is 2. The van der Waals surface area contributed by atoms with Crippen LogP contribution in [-0.2, 0) is 4.79 Å². The Hall–Kier alpha value is -2.76. The van der Waals surface area contributed by atoms with Gasteiger partial charge < -0.3 is 9.80 Å². The van der Waals surface area contributed by atoms with Crippen LogP contribution in [0.25, 0.3) is 11.3 Å². The smallest absolute Gasteiger partial charge is 0.257 e. The van der Waals surface area contributed by atoms with Crippen LogP contribution in [-0.4, -0.2) is 58.3 Å². The second-order valence-electron chi connectivity index (χ2n) is 5.08.